The van der Waals surface area contributed by atoms with E-state index in [-0.39, 0.29) is 23.9 Å². The van der Waals surface area contributed by atoms with Crippen molar-refractivity contribution in [1.82, 2.24) is 4.90 Å². The molecule has 0 bridgehead atoms. The molecule has 4 nitrogen and oxygen atoms in total. The van der Waals surface area contributed by atoms with E-state index in [2.05, 4.69) is 6.58 Å². The van der Waals surface area contributed by atoms with E-state index in [0.717, 1.165) is 0 Å². The second-order valence-electron chi connectivity index (χ2n) is 5.50. The Labute approximate surface area is 96.6 Å². The minimum atomic E-state index is -0.953. The number of allylic oxidation sites excluding steroid dienone is 1. The summed E-state index contributed by atoms with van der Waals surface area (Å²) in [6.07, 6.45) is 0.856. The average Bonchev–Trinajstić information content (AvgIpc) is 2.44. The van der Waals surface area contributed by atoms with Gasteiger partial charge in [-0.25, -0.2) is 4.79 Å². The number of amides is 1. The van der Waals surface area contributed by atoms with Crippen LogP contribution in [0, 0.1) is 11.3 Å². The van der Waals surface area contributed by atoms with Gasteiger partial charge in [-0.3, -0.25) is 0 Å². The predicted molar refractivity (Wildman–Crippen MR) is 62.3 cm³/mol. The lowest BCUT2D eigenvalue weighted by Crippen LogP contribution is -2.45. The molecule has 4 heteroatoms. The molecule has 92 valence electrons. The molecular weight excluding hydrogens is 206 g/mol. The van der Waals surface area contributed by atoms with Crippen LogP contribution in [0.4, 0.5) is 4.79 Å². The van der Waals surface area contributed by atoms with Gasteiger partial charge in [0.1, 0.15) is 0 Å². The van der Waals surface area contributed by atoms with Crippen LogP contribution in [-0.4, -0.2) is 39.9 Å². The van der Waals surface area contributed by atoms with Crippen LogP contribution in [0.5, 0.6) is 0 Å². The Kier molecular flexibility index (Phi) is 3.63. The van der Waals surface area contributed by atoms with E-state index >= 15 is 0 Å². The number of carboxylic acid groups (broad SMARTS) is 1. The van der Waals surface area contributed by atoms with Crippen molar-refractivity contribution in [3.8, 4) is 0 Å². The first-order chi connectivity index (χ1) is 7.29. The summed E-state index contributed by atoms with van der Waals surface area (Å²) in [6, 6.07) is -0.155. The smallest absolute Gasteiger partial charge is 0.407 e. The highest BCUT2D eigenvalue weighted by Crippen LogP contribution is 2.38. The Hall–Kier alpha value is -1.03. The van der Waals surface area contributed by atoms with Crippen molar-refractivity contribution in [1.29, 1.82) is 0 Å². The molecule has 0 aromatic rings. The zero-order valence-corrected chi connectivity index (χ0v) is 10.2. The molecule has 1 heterocycles. The fourth-order valence-corrected chi connectivity index (χ4v) is 2.68. The van der Waals surface area contributed by atoms with Crippen molar-refractivity contribution in [2.75, 3.05) is 6.54 Å². The highest BCUT2D eigenvalue weighted by atomic mass is 16.4. The zero-order valence-electron chi connectivity index (χ0n) is 10.2. The second-order valence-corrected chi connectivity index (χ2v) is 5.50. The number of likely N-dealkylation sites (tertiary alicyclic amines) is 1. The molecule has 0 radical (unpaired) electrons. The maximum Gasteiger partial charge on any atom is 0.407 e. The Morgan fingerprint density at radius 1 is 1.56 bits per heavy atom. The van der Waals surface area contributed by atoms with Crippen LogP contribution < -0.4 is 0 Å². The van der Waals surface area contributed by atoms with E-state index in [0.29, 0.717) is 6.42 Å². The molecule has 1 amide bonds. The van der Waals surface area contributed by atoms with Gasteiger partial charge < -0.3 is 15.1 Å². The first kappa shape index (κ1) is 13.0. The third kappa shape index (κ3) is 2.38. The third-order valence-electron chi connectivity index (χ3n) is 3.19. The monoisotopic (exact) mass is 227 g/mol. The number of hydrogen-bond donors (Lipinski definition) is 2. The number of aliphatic hydroxyl groups is 1. The van der Waals surface area contributed by atoms with Gasteiger partial charge >= 0.3 is 6.09 Å². The molecule has 1 fully saturated rings. The summed E-state index contributed by atoms with van der Waals surface area (Å²) in [7, 11) is 0. The van der Waals surface area contributed by atoms with Gasteiger partial charge in [-0.05, 0) is 11.8 Å². The summed E-state index contributed by atoms with van der Waals surface area (Å²) in [5, 5.41) is 19.1. The summed E-state index contributed by atoms with van der Waals surface area (Å²) in [6.45, 7) is 9.88. The van der Waals surface area contributed by atoms with Crippen LogP contribution in [-0.2, 0) is 0 Å². The van der Waals surface area contributed by atoms with Crippen LogP contribution in [0.3, 0.4) is 0 Å². The number of aliphatic hydroxyl groups excluding tert-OH is 1. The van der Waals surface area contributed by atoms with Gasteiger partial charge in [-0.15, -0.1) is 6.58 Å². The molecule has 1 aliphatic heterocycles. The lowest BCUT2D eigenvalue weighted by atomic mass is 9.77. The van der Waals surface area contributed by atoms with Gasteiger partial charge in [0, 0.05) is 12.0 Å². The highest BCUT2D eigenvalue weighted by molar-refractivity contribution is 5.66. The molecule has 1 rings (SSSR count). The van der Waals surface area contributed by atoms with Gasteiger partial charge in [-0.2, -0.15) is 0 Å². The second kappa shape index (κ2) is 4.45. The molecule has 16 heavy (non-hydrogen) atoms. The Morgan fingerprint density at radius 2 is 2.12 bits per heavy atom. The molecule has 3 atom stereocenters. The minimum Gasteiger partial charge on any atom is -0.465 e. The topological polar surface area (TPSA) is 60.8 Å². The van der Waals surface area contributed by atoms with Crippen molar-refractivity contribution in [2.24, 2.45) is 11.3 Å². The van der Waals surface area contributed by atoms with E-state index < -0.39 is 12.2 Å². The van der Waals surface area contributed by atoms with Gasteiger partial charge in [0.25, 0.3) is 0 Å². The summed E-state index contributed by atoms with van der Waals surface area (Å²) in [4.78, 5) is 12.5. The van der Waals surface area contributed by atoms with Gasteiger partial charge in [0.15, 0.2) is 0 Å². The summed E-state index contributed by atoms with van der Waals surface area (Å²) >= 11 is 0. The molecule has 1 saturated heterocycles. The van der Waals surface area contributed by atoms with Crippen LogP contribution >= 0.6 is 0 Å². The minimum absolute atomic E-state index is 0.0476. The molecule has 2 N–H and O–H groups in total. The van der Waals surface area contributed by atoms with Gasteiger partial charge in [0.05, 0.1) is 12.6 Å². The number of β-amino-alcohol motifs (C(OH)–C–C–N with tert-alkyl or cyclic N) is 1. The summed E-state index contributed by atoms with van der Waals surface area (Å²) in [5.74, 6) is -0.0476. The van der Waals surface area contributed by atoms with E-state index in [9.17, 15) is 9.90 Å². The highest BCUT2D eigenvalue weighted by Gasteiger charge is 2.47. The number of nitrogens with zero attached hydrogens (tertiary/aromatic N) is 1. The van der Waals surface area contributed by atoms with E-state index in [4.69, 9.17) is 5.11 Å². The maximum absolute atomic E-state index is 11.1. The molecule has 3 unspecified atom stereocenters. The first-order valence-electron chi connectivity index (χ1n) is 5.57. The van der Waals surface area contributed by atoms with Crippen molar-refractivity contribution in [3.05, 3.63) is 12.7 Å². The Bertz CT molecular complexity index is 282. The Morgan fingerprint density at radius 3 is 2.50 bits per heavy atom. The quantitative estimate of drug-likeness (QED) is 0.709. The van der Waals surface area contributed by atoms with Gasteiger partial charge in [0.2, 0.25) is 0 Å². The van der Waals surface area contributed by atoms with E-state index in [1.54, 1.807) is 6.08 Å². The average molecular weight is 227 g/mol. The van der Waals surface area contributed by atoms with Crippen molar-refractivity contribution in [2.45, 2.75) is 39.3 Å². The number of hydrogen-bond acceptors (Lipinski definition) is 2. The molecule has 0 aliphatic carbocycles. The molecule has 0 spiro atoms. The fraction of sp³-hybridized carbons (Fsp3) is 0.750. The maximum atomic E-state index is 11.1. The number of rotatable bonds is 2. The first-order valence-corrected chi connectivity index (χ1v) is 5.57. The van der Waals surface area contributed by atoms with Crippen molar-refractivity contribution in [3.63, 3.8) is 0 Å². The largest absolute Gasteiger partial charge is 0.465 e. The lowest BCUT2D eigenvalue weighted by molar-refractivity contribution is 0.0867. The number of carbonyl (C=O) groups is 1. The lowest BCUT2D eigenvalue weighted by Gasteiger charge is -2.36. The molecular formula is C12H21NO3. The standard InChI is InChI=1S/C12H21NO3/c1-5-6-8-9(14)7-13(11(15)16)10(8)12(2,3)4/h5,8-10,14H,1,6-7H2,2-4H3,(H,15,16). The predicted octanol–water partition coefficient (Wildman–Crippen LogP) is 1.95. The van der Waals surface area contributed by atoms with E-state index in [1.165, 1.54) is 4.90 Å². The molecule has 0 aromatic carbocycles. The zero-order chi connectivity index (χ0) is 12.5. The van der Waals surface area contributed by atoms with E-state index in [1.807, 2.05) is 20.8 Å². The molecule has 0 saturated carbocycles. The summed E-state index contributed by atoms with van der Waals surface area (Å²) in [5.41, 5.74) is -0.177. The van der Waals surface area contributed by atoms with Crippen LogP contribution in [0.1, 0.15) is 27.2 Å². The van der Waals surface area contributed by atoms with Crippen LogP contribution in [0.25, 0.3) is 0 Å². The van der Waals surface area contributed by atoms with Crippen LogP contribution in [0.2, 0.25) is 0 Å². The normalized spacial score (nSPS) is 30.5. The van der Waals surface area contributed by atoms with Crippen molar-refractivity contribution >= 4 is 6.09 Å². The van der Waals surface area contributed by atoms with Crippen molar-refractivity contribution < 1.29 is 15.0 Å². The molecule has 0 aromatic heterocycles. The van der Waals surface area contributed by atoms with Gasteiger partial charge in [-0.1, -0.05) is 26.8 Å². The Balaban J connectivity index is 3.00. The molecule has 1 aliphatic rings. The third-order valence-corrected chi connectivity index (χ3v) is 3.19. The van der Waals surface area contributed by atoms with Crippen LogP contribution in [0.15, 0.2) is 12.7 Å². The summed E-state index contributed by atoms with van der Waals surface area (Å²) < 4.78 is 0. The SMILES string of the molecule is C=CCC1C(O)CN(C(=O)O)C1C(C)(C)C. The fourth-order valence-electron chi connectivity index (χ4n) is 2.68.